The van der Waals surface area contributed by atoms with Crippen LogP contribution in [0.15, 0.2) is 24.3 Å². The third-order valence-corrected chi connectivity index (χ3v) is 3.23. The molecule has 0 aromatic heterocycles. The van der Waals surface area contributed by atoms with Crippen LogP contribution in [0.25, 0.3) is 0 Å². The second-order valence-electron chi connectivity index (χ2n) is 4.93. The maximum Gasteiger partial charge on any atom is 0.319 e. The van der Waals surface area contributed by atoms with Crippen molar-refractivity contribution in [3.63, 3.8) is 0 Å². The molecular formula is C15H21NO4. The normalized spacial score (nSPS) is 19.6. The molecule has 1 saturated heterocycles. The second-order valence-corrected chi connectivity index (χ2v) is 4.93. The number of carbonyl (C=O) groups excluding carboxylic acids is 1. The number of esters is 1. The summed E-state index contributed by atoms with van der Waals surface area (Å²) in [5, 5.41) is 0. The minimum absolute atomic E-state index is 0.0195. The largest absolute Gasteiger partial charge is 0.491 e. The van der Waals surface area contributed by atoms with Crippen molar-refractivity contribution in [3.8, 4) is 5.75 Å². The number of ether oxygens (including phenoxy) is 3. The summed E-state index contributed by atoms with van der Waals surface area (Å²) in [7, 11) is 1.40. The Bertz CT molecular complexity index is 449. The SMILES string of the molecule is COC(=O)CN1CCOC(COc2cccc(C)c2)C1. The van der Waals surface area contributed by atoms with Gasteiger partial charge in [0.2, 0.25) is 0 Å². The van der Waals surface area contributed by atoms with Gasteiger partial charge in [-0.05, 0) is 24.6 Å². The zero-order valence-corrected chi connectivity index (χ0v) is 12.0. The van der Waals surface area contributed by atoms with Gasteiger partial charge in [-0.3, -0.25) is 9.69 Å². The van der Waals surface area contributed by atoms with Crippen molar-refractivity contribution in [3.05, 3.63) is 29.8 Å². The van der Waals surface area contributed by atoms with E-state index in [4.69, 9.17) is 9.47 Å². The first-order valence-corrected chi connectivity index (χ1v) is 6.77. The highest BCUT2D eigenvalue weighted by Gasteiger charge is 2.22. The molecule has 0 amide bonds. The van der Waals surface area contributed by atoms with Crippen molar-refractivity contribution in [2.45, 2.75) is 13.0 Å². The predicted molar refractivity (Wildman–Crippen MR) is 74.9 cm³/mol. The summed E-state index contributed by atoms with van der Waals surface area (Å²) in [6, 6.07) is 7.93. The van der Waals surface area contributed by atoms with Crippen LogP contribution < -0.4 is 4.74 Å². The quantitative estimate of drug-likeness (QED) is 0.759. The molecule has 1 aromatic rings. The fourth-order valence-corrected chi connectivity index (χ4v) is 2.17. The van der Waals surface area contributed by atoms with Crippen molar-refractivity contribution in [1.82, 2.24) is 4.90 Å². The number of methoxy groups -OCH3 is 1. The molecule has 1 aliphatic rings. The first kappa shape index (κ1) is 14.8. The monoisotopic (exact) mass is 279 g/mol. The predicted octanol–water partition coefficient (Wildman–Crippen LogP) is 1.25. The van der Waals surface area contributed by atoms with Crippen LogP contribution in [0.4, 0.5) is 0 Å². The lowest BCUT2D eigenvalue weighted by atomic mass is 10.2. The molecule has 0 saturated carbocycles. The first-order chi connectivity index (χ1) is 9.67. The molecule has 1 aliphatic heterocycles. The molecule has 1 aromatic carbocycles. The molecule has 0 N–H and O–H groups in total. The van der Waals surface area contributed by atoms with Crippen molar-refractivity contribution >= 4 is 5.97 Å². The van der Waals surface area contributed by atoms with Crippen LogP contribution in [-0.4, -0.2) is 56.9 Å². The summed E-state index contributed by atoms with van der Waals surface area (Å²) in [5.41, 5.74) is 1.17. The van der Waals surface area contributed by atoms with E-state index in [1.165, 1.54) is 12.7 Å². The molecule has 5 nitrogen and oxygen atoms in total. The van der Waals surface area contributed by atoms with Crippen LogP contribution in [0.3, 0.4) is 0 Å². The van der Waals surface area contributed by atoms with E-state index in [1.807, 2.05) is 36.1 Å². The molecule has 0 spiro atoms. The lowest BCUT2D eigenvalue weighted by Crippen LogP contribution is -2.46. The number of aryl methyl sites for hydroxylation is 1. The number of morpholine rings is 1. The lowest BCUT2D eigenvalue weighted by molar-refractivity contribution is -0.144. The molecule has 0 radical (unpaired) electrons. The Morgan fingerprint density at radius 2 is 2.35 bits per heavy atom. The number of hydrogen-bond donors (Lipinski definition) is 0. The van der Waals surface area contributed by atoms with Crippen molar-refractivity contribution in [2.24, 2.45) is 0 Å². The Morgan fingerprint density at radius 3 is 3.10 bits per heavy atom. The number of carbonyl (C=O) groups is 1. The van der Waals surface area contributed by atoms with E-state index in [2.05, 4.69) is 4.74 Å². The van der Waals surface area contributed by atoms with E-state index in [0.29, 0.717) is 26.3 Å². The third kappa shape index (κ3) is 4.51. The fraction of sp³-hybridized carbons (Fsp3) is 0.533. The zero-order chi connectivity index (χ0) is 14.4. The van der Waals surface area contributed by atoms with E-state index >= 15 is 0 Å². The summed E-state index contributed by atoms with van der Waals surface area (Å²) in [4.78, 5) is 13.3. The van der Waals surface area contributed by atoms with Crippen molar-refractivity contribution in [2.75, 3.05) is 40.0 Å². The average Bonchev–Trinajstić information content (AvgIpc) is 2.45. The van der Waals surface area contributed by atoms with E-state index in [9.17, 15) is 4.79 Å². The van der Waals surface area contributed by atoms with Crippen LogP contribution in [0, 0.1) is 6.92 Å². The van der Waals surface area contributed by atoms with E-state index in [-0.39, 0.29) is 12.1 Å². The molecule has 1 heterocycles. The fourth-order valence-electron chi connectivity index (χ4n) is 2.17. The van der Waals surface area contributed by atoms with Gasteiger partial charge in [0.25, 0.3) is 0 Å². The topological polar surface area (TPSA) is 48.0 Å². The summed E-state index contributed by atoms with van der Waals surface area (Å²) in [6.07, 6.45) is -0.0195. The number of benzene rings is 1. The molecule has 20 heavy (non-hydrogen) atoms. The van der Waals surface area contributed by atoms with E-state index < -0.39 is 0 Å². The third-order valence-electron chi connectivity index (χ3n) is 3.23. The van der Waals surface area contributed by atoms with Crippen LogP contribution in [0.2, 0.25) is 0 Å². The van der Waals surface area contributed by atoms with Crippen molar-refractivity contribution < 1.29 is 19.0 Å². The Kier molecular flexibility index (Phi) is 5.38. The number of rotatable bonds is 5. The summed E-state index contributed by atoms with van der Waals surface area (Å²) in [5.74, 6) is 0.629. The molecule has 1 unspecified atom stereocenters. The molecule has 2 rings (SSSR count). The van der Waals surface area contributed by atoms with Gasteiger partial charge < -0.3 is 14.2 Å². The van der Waals surface area contributed by atoms with Gasteiger partial charge in [-0.1, -0.05) is 12.1 Å². The van der Waals surface area contributed by atoms with Crippen LogP contribution >= 0.6 is 0 Å². The Labute approximate surface area is 119 Å². The van der Waals surface area contributed by atoms with Gasteiger partial charge in [0.1, 0.15) is 18.5 Å². The minimum atomic E-state index is -0.217. The van der Waals surface area contributed by atoms with Gasteiger partial charge in [0, 0.05) is 13.1 Å². The highest BCUT2D eigenvalue weighted by Crippen LogP contribution is 2.14. The molecule has 1 atom stereocenters. The first-order valence-electron chi connectivity index (χ1n) is 6.77. The summed E-state index contributed by atoms with van der Waals surface area (Å²) >= 11 is 0. The van der Waals surface area contributed by atoms with Gasteiger partial charge >= 0.3 is 5.97 Å². The molecular weight excluding hydrogens is 258 g/mol. The number of hydrogen-bond acceptors (Lipinski definition) is 5. The number of nitrogens with zero attached hydrogens (tertiary/aromatic N) is 1. The maximum atomic E-state index is 11.3. The molecule has 0 bridgehead atoms. The molecule has 5 heteroatoms. The van der Waals surface area contributed by atoms with Gasteiger partial charge in [-0.25, -0.2) is 0 Å². The Morgan fingerprint density at radius 1 is 1.50 bits per heavy atom. The van der Waals surface area contributed by atoms with Crippen LogP contribution in [-0.2, 0) is 14.3 Å². The Balaban J connectivity index is 1.79. The highest BCUT2D eigenvalue weighted by molar-refractivity contribution is 5.71. The smallest absolute Gasteiger partial charge is 0.319 e. The Hall–Kier alpha value is -1.59. The van der Waals surface area contributed by atoms with Gasteiger partial charge in [0.05, 0.1) is 20.3 Å². The molecule has 1 fully saturated rings. The minimum Gasteiger partial charge on any atom is -0.491 e. The van der Waals surface area contributed by atoms with Crippen LogP contribution in [0.5, 0.6) is 5.75 Å². The summed E-state index contributed by atoms with van der Waals surface area (Å²) in [6.45, 7) is 4.86. The molecule has 0 aliphatic carbocycles. The van der Waals surface area contributed by atoms with Gasteiger partial charge in [-0.15, -0.1) is 0 Å². The van der Waals surface area contributed by atoms with E-state index in [0.717, 1.165) is 12.3 Å². The second kappa shape index (κ2) is 7.26. The van der Waals surface area contributed by atoms with Gasteiger partial charge in [-0.2, -0.15) is 0 Å². The van der Waals surface area contributed by atoms with Crippen LogP contribution in [0.1, 0.15) is 5.56 Å². The van der Waals surface area contributed by atoms with E-state index in [1.54, 1.807) is 0 Å². The zero-order valence-electron chi connectivity index (χ0n) is 12.0. The summed E-state index contributed by atoms with van der Waals surface area (Å²) < 4.78 is 16.1. The van der Waals surface area contributed by atoms with Gasteiger partial charge in [0.15, 0.2) is 0 Å². The molecule has 110 valence electrons. The van der Waals surface area contributed by atoms with Crippen molar-refractivity contribution in [1.29, 1.82) is 0 Å². The highest BCUT2D eigenvalue weighted by atomic mass is 16.5. The lowest BCUT2D eigenvalue weighted by Gasteiger charge is -2.31. The average molecular weight is 279 g/mol. The standard InChI is InChI=1S/C15H21NO4/c1-12-4-3-5-13(8-12)20-11-14-9-16(6-7-19-14)10-15(17)18-2/h3-5,8,14H,6-7,9-11H2,1-2H3. The maximum absolute atomic E-state index is 11.3.